The van der Waals surface area contributed by atoms with Crippen LogP contribution in [0.15, 0.2) is 40.7 Å². The number of anilines is 3. The SMILES string of the molecule is Cc1ccc2nc(NC(=O)CSc3nnc(Nc4ccc(C)c(C)c4)s3)sc2c1. The topological polar surface area (TPSA) is 79.8 Å². The molecule has 2 aromatic heterocycles. The van der Waals surface area contributed by atoms with Gasteiger partial charge in [0.2, 0.25) is 11.0 Å². The Kier molecular flexibility index (Phi) is 5.79. The molecule has 2 N–H and O–H groups in total. The number of aryl methyl sites for hydroxylation is 3. The van der Waals surface area contributed by atoms with E-state index >= 15 is 0 Å². The Labute approximate surface area is 180 Å². The van der Waals surface area contributed by atoms with Crippen LogP contribution in [0.2, 0.25) is 0 Å². The maximum Gasteiger partial charge on any atom is 0.236 e. The van der Waals surface area contributed by atoms with Crippen molar-refractivity contribution in [3.05, 3.63) is 53.1 Å². The molecule has 0 atom stereocenters. The predicted molar refractivity (Wildman–Crippen MR) is 123 cm³/mol. The minimum absolute atomic E-state index is 0.107. The number of nitrogens with zero attached hydrogens (tertiary/aromatic N) is 3. The molecule has 0 saturated heterocycles. The Bertz CT molecular complexity index is 1180. The largest absolute Gasteiger partial charge is 0.330 e. The van der Waals surface area contributed by atoms with Gasteiger partial charge in [-0.3, -0.25) is 4.79 Å². The van der Waals surface area contributed by atoms with E-state index < -0.39 is 0 Å². The van der Waals surface area contributed by atoms with Crippen LogP contribution in [0.3, 0.4) is 0 Å². The van der Waals surface area contributed by atoms with Crippen LogP contribution in [0.5, 0.6) is 0 Å². The van der Waals surface area contributed by atoms with Crippen molar-refractivity contribution in [2.75, 3.05) is 16.4 Å². The van der Waals surface area contributed by atoms with Crippen LogP contribution in [-0.2, 0) is 4.79 Å². The number of amides is 1. The van der Waals surface area contributed by atoms with E-state index in [0.29, 0.717) is 10.3 Å². The third kappa shape index (κ3) is 4.92. The van der Waals surface area contributed by atoms with E-state index in [9.17, 15) is 4.79 Å². The van der Waals surface area contributed by atoms with E-state index in [2.05, 4.69) is 57.9 Å². The van der Waals surface area contributed by atoms with Crippen molar-refractivity contribution >= 4 is 66.5 Å². The van der Waals surface area contributed by atoms with E-state index in [0.717, 1.165) is 20.2 Å². The lowest BCUT2D eigenvalue weighted by Crippen LogP contribution is -2.13. The van der Waals surface area contributed by atoms with Gasteiger partial charge in [-0.1, -0.05) is 46.6 Å². The van der Waals surface area contributed by atoms with Gasteiger partial charge in [-0.15, -0.1) is 10.2 Å². The van der Waals surface area contributed by atoms with E-state index in [1.807, 2.05) is 25.1 Å². The second kappa shape index (κ2) is 8.48. The standard InChI is InChI=1S/C20H19N5OS3/c1-11-4-7-15-16(8-11)28-18(22-15)23-17(26)10-27-20-25-24-19(29-20)21-14-6-5-12(2)13(3)9-14/h4-9H,10H2,1-3H3,(H,21,24)(H,22,23,26). The van der Waals surface area contributed by atoms with Gasteiger partial charge in [0.25, 0.3) is 0 Å². The molecule has 9 heteroatoms. The number of carbonyl (C=O) groups is 1. The van der Waals surface area contributed by atoms with Gasteiger partial charge in [-0.05, 0) is 61.7 Å². The van der Waals surface area contributed by atoms with Crippen molar-refractivity contribution in [2.24, 2.45) is 0 Å². The van der Waals surface area contributed by atoms with Gasteiger partial charge in [-0.2, -0.15) is 0 Å². The summed E-state index contributed by atoms with van der Waals surface area (Å²) in [5.41, 5.74) is 5.52. The molecule has 0 radical (unpaired) electrons. The van der Waals surface area contributed by atoms with Crippen LogP contribution in [0.25, 0.3) is 10.2 Å². The third-order valence-corrected chi connectivity index (χ3v) is 7.19. The van der Waals surface area contributed by atoms with Gasteiger partial charge in [0.05, 0.1) is 16.0 Å². The van der Waals surface area contributed by atoms with Gasteiger partial charge in [-0.25, -0.2) is 4.98 Å². The molecule has 0 unspecified atom stereocenters. The van der Waals surface area contributed by atoms with Crippen LogP contribution in [0.1, 0.15) is 16.7 Å². The molecule has 0 saturated carbocycles. The van der Waals surface area contributed by atoms with Crippen molar-refractivity contribution in [3.63, 3.8) is 0 Å². The summed E-state index contributed by atoms with van der Waals surface area (Å²) in [6, 6.07) is 12.2. The summed E-state index contributed by atoms with van der Waals surface area (Å²) in [5, 5.41) is 15.8. The van der Waals surface area contributed by atoms with Crippen molar-refractivity contribution in [1.29, 1.82) is 0 Å². The normalized spacial score (nSPS) is 11.0. The highest BCUT2D eigenvalue weighted by Crippen LogP contribution is 2.29. The summed E-state index contributed by atoms with van der Waals surface area (Å²) in [4.78, 5) is 16.7. The van der Waals surface area contributed by atoms with E-state index in [1.54, 1.807) is 0 Å². The first kappa shape index (κ1) is 19.8. The molecule has 4 aromatic rings. The highest BCUT2D eigenvalue weighted by molar-refractivity contribution is 8.01. The van der Waals surface area contributed by atoms with Crippen molar-refractivity contribution in [3.8, 4) is 0 Å². The molecular weight excluding hydrogens is 422 g/mol. The molecule has 0 spiro atoms. The van der Waals surface area contributed by atoms with Gasteiger partial charge in [0.15, 0.2) is 9.47 Å². The molecular formula is C20H19N5OS3. The summed E-state index contributed by atoms with van der Waals surface area (Å²) < 4.78 is 1.81. The molecule has 148 valence electrons. The Morgan fingerprint density at radius 3 is 2.69 bits per heavy atom. The number of thioether (sulfide) groups is 1. The maximum absolute atomic E-state index is 12.3. The quantitative estimate of drug-likeness (QED) is 0.382. The lowest BCUT2D eigenvalue weighted by Gasteiger charge is -2.05. The van der Waals surface area contributed by atoms with Gasteiger partial charge in [0, 0.05) is 5.69 Å². The lowest BCUT2D eigenvalue weighted by molar-refractivity contribution is -0.113. The summed E-state index contributed by atoms with van der Waals surface area (Å²) >= 11 is 4.27. The molecule has 4 rings (SSSR count). The average Bonchev–Trinajstić information content (AvgIpc) is 3.29. The number of hydrogen-bond acceptors (Lipinski definition) is 8. The van der Waals surface area contributed by atoms with Crippen LogP contribution in [0.4, 0.5) is 16.0 Å². The zero-order chi connectivity index (χ0) is 20.4. The smallest absolute Gasteiger partial charge is 0.236 e. The van der Waals surface area contributed by atoms with Crippen molar-refractivity contribution in [1.82, 2.24) is 15.2 Å². The molecule has 6 nitrogen and oxygen atoms in total. The van der Waals surface area contributed by atoms with Crippen LogP contribution >= 0.6 is 34.4 Å². The summed E-state index contributed by atoms with van der Waals surface area (Å²) in [7, 11) is 0. The van der Waals surface area contributed by atoms with Crippen molar-refractivity contribution < 1.29 is 4.79 Å². The van der Waals surface area contributed by atoms with E-state index in [4.69, 9.17) is 0 Å². The maximum atomic E-state index is 12.3. The minimum atomic E-state index is -0.107. The molecule has 0 aliphatic carbocycles. The fourth-order valence-electron chi connectivity index (χ4n) is 2.63. The number of hydrogen-bond donors (Lipinski definition) is 2. The summed E-state index contributed by atoms with van der Waals surface area (Å²) in [6.45, 7) is 6.20. The first-order chi connectivity index (χ1) is 14.0. The average molecular weight is 442 g/mol. The molecule has 2 heterocycles. The number of carbonyl (C=O) groups excluding carboxylic acids is 1. The monoisotopic (exact) mass is 441 g/mol. The molecule has 2 aromatic carbocycles. The zero-order valence-corrected chi connectivity index (χ0v) is 18.6. The number of rotatable bonds is 6. The lowest BCUT2D eigenvalue weighted by atomic mass is 10.1. The van der Waals surface area contributed by atoms with Crippen LogP contribution in [-0.4, -0.2) is 26.8 Å². The first-order valence-electron chi connectivity index (χ1n) is 8.94. The van der Waals surface area contributed by atoms with Gasteiger partial charge in [0.1, 0.15) is 0 Å². The first-order valence-corrected chi connectivity index (χ1v) is 11.6. The van der Waals surface area contributed by atoms with Crippen molar-refractivity contribution in [2.45, 2.75) is 25.1 Å². The third-order valence-electron chi connectivity index (χ3n) is 4.28. The molecule has 1 amide bonds. The number of thiazole rings is 1. The number of aromatic nitrogens is 3. The van der Waals surface area contributed by atoms with Crippen LogP contribution in [0, 0.1) is 20.8 Å². The second-order valence-corrected chi connectivity index (χ2v) is 9.85. The summed E-state index contributed by atoms with van der Waals surface area (Å²) in [5.74, 6) is 0.150. The Hall–Kier alpha value is -2.49. The Morgan fingerprint density at radius 2 is 1.86 bits per heavy atom. The minimum Gasteiger partial charge on any atom is -0.330 e. The molecule has 0 fully saturated rings. The Morgan fingerprint density at radius 1 is 1.00 bits per heavy atom. The summed E-state index contributed by atoms with van der Waals surface area (Å²) in [6.07, 6.45) is 0. The van der Waals surface area contributed by atoms with Crippen LogP contribution < -0.4 is 10.6 Å². The molecule has 29 heavy (non-hydrogen) atoms. The molecule has 0 bridgehead atoms. The van der Waals surface area contributed by atoms with Gasteiger partial charge < -0.3 is 10.6 Å². The molecule has 0 aliphatic heterocycles. The highest BCUT2D eigenvalue weighted by atomic mass is 32.2. The Balaban J connectivity index is 1.32. The predicted octanol–water partition coefficient (Wildman–Crippen LogP) is 5.55. The van der Waals surface area contributed by atoms with E-state index in [1.165, 1.54) is 51.1 Å². The van der Waals surface area contributed by atoms with Gasteiger partial charge >= 0.3 is 0 Å². The highest BCUT2D eigenvalue weighted by Gasteiger charge is 2.11. The molecule has 0 aliphatic rings. The zero-order valence-electron chi connectivity index (χ0n) is 16.1. The number of nitrogens with one attached hydrogen (secondary N) is 2. The fourth-order valence-corrected chi connectivity index (χ4v) is 5.18. The number of fused-ring (bicyclic) bond motifs is 1. The fraction of sp³-hybridized carbons (Fsp3) is 0.200. The second-order valence-electron chi connectivity index (χ2n) is 6.62. The van der Waals surface area contributed by atoms with E-state index in [-0.39, 0.29) is 11.7 Å². The number of benzene rings is 2.